The maximum Gasteiger partial charge on any atom is 0.217 e. The number of nitrogens with one attached hydrogen (secondary N) is 1. The van der Waals surface area contributed by atoms with Crippen molar-refractivity contribution in [3.8, 4) is 0 Å². The molecule has 1 aliphatic rings. The first-order valence-corrected chi connectivity index (χ1v) is 9.24. The Bertz CT molecular complexity index is 796. The number of fused-ring (bicyclic) bond motifs is 1. The molecule has 140 valence electrons. The van der Waals surface area contributed by atoms with Crippen LogP contribution >= 0.6 is 0 Å². The first-order chi connectivity index (χ1) is 12.6. The Kier molecular flexibility index (Phi) is 5.75. The summed E-state index contributed by atoms with van der Waals surface area (Å²) in [6.45, 7) is 4.64. The number of aryl methyl sites for hydroxylation is 1. The molecule has 7 nitrogen and oxygen atoms in total. The molecule has 1 saturated heterocycles. The number of piperidine rings is 1. The van der Waals surface area contributed by atoms with E-state index >= 15 is 0 Å². The van der Waals surface area contributed by atoms with Crippen molar-refractivity contribution in [2.45, 2.75) is 32.6 Å². The summed E-state index contributed by atoms with van der Waals surface area (Å²) in [5.41, 5.74) is 8.60. The number of aliphatic imine (C=N–C) groups is 1. The minimum Gasteiger partial charge on any atom is -0.370 e. The smallest absolute Gasteiger partial charge is 0.217 e. The molecule has 1 unspecified atom stereocenters. The molecule has 2 aromatic heterocycles. The molecule has 1 fully saturated rings. The van der Waals surface area contributed by atoms with Crippen LogP contribution in [0.1, 0.15) is 30.5 Å². The van der Waals surface area contributed by atoms with Crippen molar-refractivity contribution in [3.63, 3.8) is 0 Å². The summed E-state index contributed by atoms with van der Waals surface area (Å²) >= 11 is 0. The van der Waals surface area contributed by atoms with E-state index in [4.69, 9.17) is 10.7 Å². The average Bonchev–Trinajstić information content (AvgIpc) is 3.03. The number of guanidine groups is 1. The lowest BCUT2D eigenvalue weighted by molar-refractivity contribution is -0.119. The van der Waals surface area contributed by atoms with E-state index < -0.39 is 0 Å². The number of imidazole rings is 1. The van der Waals surface area contributed by atoms with Gasteiger partial charge in [0.1, 0.15) is 5.65 Å². The van der Waals surface area contributed by atoms with Crippen LogP contribution in [0.4, 0.5) is 0 Å². The van der Waals surface area contributed by atoms with E-state index in [0.717, 1.165) is 56.2 Å². The van der Waals surface area contributed by atoms with Gasteiger partial charge in [-0.2, -0.15) is 0 Å². The molecule has 0 bridgehead atoms. The maximum absolute atomic E-state index is 11.2. The van der Waals surface area contributed by atoms with Crippen molar-refractivity contribution in [2.75, 3.05) is 26.7 Å². The number of carbonyl (C=O) groups excluding carboxylic acids is 1. The summed E-state index contributed by atoms with van der Waals surface area (Å²) in [6.07, 6.45) is 7.50. The number of hydrogen-bond acceptors (Lipinski definition) is 3. The van der Waals surface area contributed by atoms with Crippen LogP contribution in [0.5, 0.6) is 0 Å². The van der Waals surface area contributed by atoms with Gasteiger partial charge >= 0.3 is 0 Å². The lowest BCUT2D eigenvalue weighted by Gasteiger charge is -2.34. The zero-order chi connectivity index (χ0) is 18.5. The summed E-state index contributed by atoms with van der Waals surface area (Å²) in [7, 11) is 1.80. The fourth-order valence-corrected chi connectivity index (χ4v) is 3.67. The lowest BCUT2D eigenvalue weighted by atomic mass is 9.95. The maximum atomic E-state index is 11.2. The van der Waals surface area contributed by atoms with Crippen LogP contribution in [0, 0.1) is 12.8 Å². The molecule has 0 aromatic carbocycles. The van der Waals surface area contributed by atoms with Gasteiger partial charge in [-0.1, -0.05) is 6.07 Å². The number of nitrogens with zero attached hydrogens (tertiary/aromatic N) is 4. The van der Waals surface area contributed by atoms with Gasteiger partial charge in [-0.3, -0.25) is 9.79 Å². The molecule has 1 aliphatic heterocycles. The molecule has 26 heavy (non-hydrogen) atoms. The van der Waals surface area contributed by atoms with Crippen molar-refractivity contribution < 1.29 is 4.79 Å². The largest absolute Gasteiger partial charge is 0.370 e. The second kappa shape index (κ2) is 8.21. The molecule has 0 spiro atoms. The van der Waals surface area contributed by atoms with E-state index in [0.29, 0.717) is 12.3 Å². The fraction of sp³-hybridized carbons (Fsp3) is 0.526. The normalized spacial score (nSPS) is 18.3. The van der Waals surface area contributed by atoms with Crippen molar-refractivity contribution in [1.82, 2.24) is 19.6 Å². The number of hydrogen-bond donors (Lipinski definition) is 2. The van der Waals surface area contributed by atoms with Gasteiger partial charge in [-0.05, 0) is 37.3 Å². The standard InChI is InChI=1S/C19H28N6O/c1-14-5-3-9-24-13-16(23-18(14)24)7-8-22-19(21-2)25-10-4-6-15(12-25)11-17(20)26/h3,5,9,13,15H,4,6-8,10-12H2,1-2H3,(H2,20,26)(H,21,22). The van der Waals surface area contributed by atoms with E-state index in [1.165, 1.54) is 5.56 Å². The second-order valence-corrected chi connectivity index (χ2v) is 7.00. The molecule has 0 radical (unpaired) electrons. The van der Waals surface area contributed by atoms with Gasteiger partial charge in [0.15, 0.2) is 5.96 Å². The number of carbonyl (C=O) groups is 1. The van der Waals surface area contributed by atoms with Crippen LogP contribution in [0.15, 0.2) is 29.5 Å². The monoisotopic (exact) mass is 356 g/mol. The van der Waals surface area contributed by atoms with Gasteiger partial charge in [0, 0.05) is 51.9 Å². The summed E-state index contributed by atoms with van der Waals surface area (Å²) in [6, 6.07) is 4.11. The van der Waals surface area contributed by atoms with Gasteiger partial charge in [0.05, 0.1) is 5.69 Å². The van der Waals surface area contributed by atoms with Gasteiger partial charge in [0.25, 0.3) is 0 Å². The topological polar surface area (TPSA) is 88.0 Å². The molecule has 0 saturated carbocycles. The summed E-state index contributed by atoms with van der Waals surface area (Å²) in [5.74, 6) is 0.988. The van der Waals surface area contributed by atoms with Gasteiger partial charge in [-0.25, -0.2) is 4.98 Å². The molecule has 7 heteroatoms. The first-order valence-electron chi connectivity index (χ1n) is 9.24. The predicted octanol–water partition coefficient (Wildman–Crippen LogP) is 1.35. The van der Waals surface area contributed by atoms with E-state index in [2.05, 4.69) is 38.8 Å². The highest BCUT2D eigenvalue weighted by atomic mass is 16.1. The van der Waals surface area contributed by atoms with Gasteiger partial charge in [0.2, 0.25) is 5.91 Å². The number of nitrogens with two attached hydrogens (primary N) is 1. The Morgan fingerprint density at radius 1 is 1.50 bits per heavy atom. The number of likely N-dealkylation sites (tertiary alicyclic amines) is 1. The second-order valence-electron chi connectivity index (χ2n) is 7.00. The van der Waals surface area contributed by atoms with Crippen LogP contribution < -0.4 is 11.1 Å². The van der Waals surface area contributed by atoms with Crippen LogP contribution in [0.2, 0.25) is 0 Å². The zero-order valence-electron chi connectivity index (χ0n) is 15.6. The zero-order valence-corrected chi connectivity index (χ0v) is 15.6. The van der Waals surface area contributed by atoms with E-state index in [9.17, 15) is 4.79 Å². The van der Waals surface area contributed by atoms with E-state index in [1.807, 2.05) is 12.3 Å². The Balaban J connectivity index is 1.55. The summed E-state index contributed by atoms with van der Waals surface area (Å²) < 4.78 is 2.07. The third kappa shape index (κ3) is 4.33. The van der Waals surface area contributed by atoms with Crippen molar-refractivity contribution >= 4 is 17.5 Å². The summed E-state index contributed by atoms with van der Waals surface area (Å²) in [4.78, 5) is 22.5. The molecule has 3 N–H and O–H groups in total. The van der Waals surface area contributed by atoms with E-state index in [1.54, 1.807) is 7.05 Å². The minimum absolute atomic E-state index is 0.220. The number of primary amides is 1. The van der Waals surface area contributed by atoms with E-state index in [-0.39, 0.29) is 5.91 Å². The average molecular weight is 356 g/mol. The minimum atomic E-state index is -0.220. The van der Waals surface area contributed by atoms with Crippen LogP contribution in [0.3, 0.4) is 0 Å². The van der Waals surface area contributed by atoms with Crippen LogP contribution in [0.25, 0.3) is 5.65 Å². The lowest BCUT2D eigenvalue weighted by Crippen LogP contribution is -2.47. The van der Waals surface area contributed by atoms with Crippen molar-refractivity contribution in [2.24, 2.45) is 16.6 Å². The Morgan fingerprint density at radius 2 is 2.35 bits per heavy atom. The number of pyridine rings is 1. The van der Waals surface area contributed by atoms with Crippen molar-refractivity contribution in [1.29, 1.82) is 0 Å². The Hall–Kier alpha value is -2.57. The molecular weight excluding hydrogens is 328 g/mol. The van der Waals surface area contributed by atoms with Gasteiger partial charge < -0.3 is 20.4 Å². The molecule has 1 atom stereocenters. The molecule has 1 amide bonds. The fourth-order valence-electron chi connectivity index (χ4n) is 3.67. The molecular formula is C19H28N6O. The Morgan fingerprint density at radius 3 is 3.08 bits per heavy atom. The number of aromatic nitrogens is 2. The highest BCUT2D eigenvalue weighted by Gasteiger charge is 2.23. The van der Waals surface area contributed by atoms with Crippen molar-refractivity contribution in [3.05, 3.63) is 35.8 Å². The SMILES string of the molecule is CN=C(NCCc1cn2cccc(C)c2n1)N1CCCC(CC(N)=O)C1. The predicted molar refractivity (Wildman–Crippen MR) is 103 cm³/mol. The van der Waals surface area contributed by atoms with Crippen LogP contribution in [-0.2, 0) is 11.2 Å². The Labute approximate surface area is 154 Å². The number of rotatable bonds is 5. The third-order valence-corrected chi connectivity index (χ3v) is 4.91. The third-order valence-electron chi connectivity index (χ3n) is 4.91. The quantitative estimate of drug-likeness (QED) is 0.625. The highest BCUT2D eigenvalue weighted by Crippen LogP contribution is 2.19. The highest BCUT2D eigenvalue weighted by molar-refractivity contribution is 5.80. The molecule has 2 aromatic rings. The molecule has 3 rings (SSSR count). The molecule has 3 heterocycles. The summed E-state index contributed by atoms with van der Waals surface area (Å²) in [5, 5.41) is 3.43. The van der Waals surface area contributed by atoms with Crippen LogP contribution in [-0.4, -0.2) is 52.8 Å². The number of amides is 1. The first kappa shape index (κ1) is 18.2. The van der Waals surface area contributed by atoms with Gasteiger partial charge in [-0.15, -0.1) is 0 Å². The molecule has 0 aliphatic carbocycles.